The first-order chi connectivity index (χ1) is 6.62. The third kappa shape index (κ3) is 1.67. The highest BCUT2D eigenvalue weighted by Gasteiger charge is 2.46. The van der Waals surface area contributed by atoms with Crippen LogP contribution in [-0.2, 0) is 0 Å². The summed E-state index contributed by atoms with van der Waals surface area (Å²) < 4.78 is 0. The maximum absolute atomic E-state index is 4.82. The van der Waals surface area contributed by atoms with Gasteiger partial charge in [0.1, 0.15) is 0 Å². The predicted molar refractivity (Wildman–Crippen MR) is 61.7 cm³/mol. The molecular weight excluding hydrogens is 192 g/mol. The largest absolute Gasteiger partial charge is 0.359 e. The minimum Gasteiger partial charge on any atom is -0.359 e. The van der Waals surface area contributed by atoms with Crippen LogP contribution in [0.5, 0.6) is 0 Å². The number of amidine groups is 1. The number of hydrogen-bond donors (Lipinski definition) is 1. The molecule has 14 heavy (non-hydrogen) atoms. The first-order valence-corrected chi connectivity index (χ1v) is 6.60. The van der Waals surface area contributed by atoms with Crippen molar-refractivity contribution in [2.45, 2.75) is 44.7 Å². The van der Waals surface area contributed by atoms with E-state index in [0.29, 0.717) is 6.04 Å². The predicted octanol–water partition coefficient (Wildman–Crippen LogP) is 2.26. The third-order valence-electron chi connectivity index (χ3n) is 3.53. The van der Waals surface area contributed by atoms with E-state index >= 15 is 0 Å². The highest BCUT2D eigenvalue weighted by atomic mass is 32.2. The standard InChI is InChI=1S/C11H18N2S/c1-11(2)6-14-10(13-11)12-9-4-7-3-8(7)5-9/h7-9H,3-6H2,1-2H3,(H,12,13). The molecule has 0 spiro atoms. The molecule has 0 aromatic rings. The maximum Gasteiger partial charge on any atom is 0.157 e. The summed E-state index contributed by atoms with van der Waals surface area (Å²) in [5.74, 6) is 3.25. The zero-order chi connectivity index (χ0) is 9.76. The molecule has 0 amide bonds. The molecule has 2 nitrogen and oxygen atoms in total. The fourth-order valence-corrected chi connectivity index (χ4v) is 3.78. The summed E-state index contributed by atoms with van der Waals surface area (Å²) in [7, 11) is 0. The van der Waals surface area contributed by atoms with Crippen LogP contribution in [0.3, 0.4) is 0 Å². The molecule has 1 saturated heterocycles. The SMILES string of the molecule is CC1(C)CSC(=NC2CC3CC3C2)N1. The second kappa shape index (κ2) is 2.91. The van der Waals surface area contributed by atoms with Crippen LogP contribution in [0, 0.1) is 11.8 Å². The third-order valence-corrected chi connectivity index (χ3v) is 4.88. The van der Waals surface area contributed by atoms with Gasteiger partial charge in [-0.3, -0.25) is 4.99 Å². The number of hydrogen-bond acceptors (Lipinski definition) is 2. The minimum atomic E-state index is 0.255. The van der Waals surface area contributed by atoms with Crippen LogP contribution >= 0.6 is 11.8 Å². The highest BCUT2D eigenvalue weighted by molar-refractivity contribution is 8.14. The fraction of sp³-hybridized carbons (Fsp3) is 0.909. The lowest BCUT2D eigenvalue weighted by atomic mass is 10.1. The summed E-state index contributed by atoms with van der Waals surface area (Å²) in [6, 6.07) is 0.641. The normalized spacial score (nSPS) is 46.4. The molecule has 1 N–H and O–H groups in total. The molecule has 3 rings (SSSR count). The van der Waals surface area contributed by atoms with Crippen molar-refractivity contribution in [3.05, 3.63) is 0 Å². The number of rotatable bonds is 1. The van der Waals surface area contributed by atoms with Crippen LogP contribution in [0.15, 0.2) is 4.99 Å². The summed E-state index contributed by atoms with van der Waals surface area (Å²) in [5.41, 5.74) is 0.255. The minimum absolute atomic E-state index is 0.255. The van der Waals surface area contributed by atoms with Crippen molar-refractivity contribution < 1.29 is 0 Å². The second-order valence-corrected chi connectivity index (χ2v) is 6.58. The second-order valence-electron chi connectivity index (χ2n) is 5.61. The van der Waals surface area contributed by atoms with Gasteiger partial charge in [-0.05, 0) is 44.9 Å². The molecule has 2 unspecified atom stereocenters. The van der Waals surface area contributed by atoms with Crippen LogP contribution in [0.25, 0.3) is 0 Å². The molecule has 0 bridgehead atoms. The topological polar surface area (TPSA) is 24.4 Å². The highest BCUT2D eigenvalue weighted by Crippen LogP contribution is 2.52. The van der Waals surface area contributed by atoms with E-state index in [0.717, 1.165) is 17.6 Å². The Morgan fingerprint density at radius 1 is 1.29 bits per heavy atom. The smallest absolute Gasteiger partial charge is 0.157 e. The molecule has 3 aliphatic rings. The zero-order valence-electron chi connectivity index (χ0n) is 8.92. The molecular formula is C11H18N2S. The number of nitrogens with one attached hydrogen (secondary N) is 1. The molecule has 2 saturated carbocycles. The van der Waals surface area contributed by atoms with E-state index in [1.54, 1.807) is 0 Å². The summed E-state index contributed by atoms with van der Waals surface area (Å²) in [5, 5.41) is 4.70. The van der Waals surface area contributed by atoms with Crippen LogP contribution in [0.4, 0.5) is 0 Å². The summed E-state index contributed by atoms with van der Waals surface area (Å²) in [6.07, 6.45) is 4.21. The molecule has 1 heterocycles. The van der Waals surface area contributed by atoms with E-state index in [2.05, 4.69) is 19.2 Å². The van der Waals surface area contributed by atoms with Crippen molar-refractivity contribution in [1.29, 1.82) is 0 Å². The van der Waals surface area contributed by atoms with Crippen molar-refractivity contribution in [3.63, 3.8) is 0 Å². The van der Waals surface area contributed by atoms with Gasteiger partial charge in [0.25, 0.3) is 0 Å². The molecule has 3 fully saturated rings. The van der Waals surface area contributed by atoms with Gasteiger partial charge in [0.2, 0.25) is 0 Å². The van der Waals surface area contributed by atoms with Crippen LogP contribution in [0.1, 0.15) is 33.1 Å². The van der Waals surface area contributed by atoms with Gasteiger partial charge in [0.15, 0.2) is 5.17 Å². The van der Waals surface area contributed by atoms with Gasteiger partial charge in [-0.25, -0.2) is 0 Å². The lowest BCUT2D eigenvalue weighted by Crippen LogP contribution is -2.37. The molecule has 0 aromatic heterocycles. The molecule has 0 radical (unpaired) electrons. The number of nitrogens with zero attached hydrogens (tertiary/aromatic N) is 1. The van der Waals surface area contributed by atoms with Crippen molar-refractivity contribution in [2.75, 3.05) is 5.75 Å². The Bertz CT molecular complexity index is 275. The van der Waals surface area contributed by atoms with E-state index in [1.807, 2.05) is 11.8 Å². The van der Waals surface area contributed by atoms with E-state index in [-0.39, 0.29) is 5.54 Å². The number of aliphatic imine (C=N–C) groups is 1. The lowest BCUT2D eigenvalue weighted by molar-refractivity contribution is 0.532. The lowest BCUT2D eigenvalue weighted by Gasteiger charge is -2.16. The van der Waals surface area contributed by atoms with Crippen LogP contribution in [-0.4, -0.2) is 22.5 Å². The molecule has 0 aromatic carbocycles. The molecule has 3 heteroatoms. The Morgan fingerprint density at radius 2 is 2.00 bits per heavy atom. The van der Waals surface area contributed by atoms with Gasteiger partial charge >= 0.3 is 0 Å². The summed E-state index contributed by atoms with van der Waals surface area (Å²) >= 11 is 1.89. The van der Waals surface area contributed by atoms with E-state index in [1.165, 1.54) is 24.4 Å². The molecule has 1 aliphatic heterocycles. The number of fused-ring (bicyclic) bond motifs is 1. The van der Waals surface area contributed by atoms with Gasteiger partial charge in [-0.15, -0.1) is 0 Å². The molecule has 78 valence electrons. The first kappa shape index (κ1) is 9.08. The Hall–Kier alpha value is -0.180. The Labute approximate surface area is 89.9 Å². The van der Waals surface area contributed by atoms with Crippen molar-refractivity contribution >= 4 is 16.9 Å². The van der Waals surface area contributed by atoms with Gasteiger partial charge in [-0.1, -0.05) is 11.8 Å². The van der Waals surface area contributed by atoms with Crippen molar-refractivity contribution in [2.24, 2.45) is 16.8 Å². The summed E-state index contributed by atoms with van der Waals surface area (Å²) in [6.45, 7) is 4.49. The van der Waals surface area contributed by atoms with Gasteiger partial charge in [-0.2, -0.15) is 0 Å². The van der Waals surface area contributed by atoms with Gasteiger partial charge in [0, 0.05) is 11.3 Å². The van der Waals surface area contributed by atoms with E-state index < -0.39 is 0 Å². The maximum atomic E-state index is 4.82. The van der Waals surface area contributed by atoms with Crippen LogP contribution < -0.4 is 5.32 Å². The average molecular weight is 210 g/mol. The van der Waals surface area contributed by atoms with Crippen LogP contribution in [0.2, 0.25) is 0 Å². The van der Waals surface area contributed by atoms with Gasteiger partial charge in [0.05, 0.1) is 6.04 Å². The Kier molecular flexibility index (Phi) is 1.88. The Morgan fingerprint density at radius 3 is 2.57 bits per heavy atom. The molecule has 2 atom stereocenters. The number of thioether (sulfide) groups is 1. The zero-order valence-corrected chi connectivity index (χ0v) is 9.73. The van der Waals surface area contributed by atoms with Crippen molar-refractivity contribution in [1.82, 2.24) is 5.32 Å². The molecule has 2 aliphatic carbocycles. The Balaban J connectivity index is 1.63. The average Bonchev–Trinajstić information content (AvgIpc) is 2.53. The fourth-order valence-electron chi connectivity index (χ4n) is 2.63. The summed E-state index contributed by atoms with van der Waals surface area (Å²) in [4.78, 5) is 4.82. The first-order valence-electron chi connectivity index (χ1n) is 5.61. The van der Waals surface area contributed by atoms with E-state index in [9.17, 15) is 0 Å². The monoisotopic (exact) mass is 210 g/mol. The van der Waals surface area contributed by atoms with Crippen molar-refractivity contribution in [3.8, 4) is 0 Å². The van der Waals surface area contributed by atoms with Gasteiger partial charge < -0.3 is 5.32 Å². The quantitative estimate of drug-likeness (QED) is 0.718. The van der Waals surface area contributed by atoms with E-state index in [4.69, 9.17) is 4.99 Å².